The summed E-state index contributed by atoms with van der Waals surface area (Å²) in [4.78, 5) is 15.1. The minimum absolute atomic E-state index is 0.0732. The standard InChI is InChI=1S/C23H30N2O4S/c1-29-14-15-30(27,28)22-11-9-21(10-12-22)23(26)24-16-20-8-5-13-25(18-20)17-19-6-3-2-4-7-19/h2-4,6-7,9-12,20H,5,8,13-18H2,1H3,(H,24,26). The summed E-state index contributed by atoms with van der Waals surface area (Å²) in [5, 5.41) is 3.01. The van der Waals surface area contributed by atoms with Gasteiger partial charge >= 0.3 is 0 Å². The lowest BCUT2D eigenvalue weighted by molar-refractivity contribution is 0.0930. The summed E-state index contributed by atoms with van der Waals surface area (Å²) in [6.45, 7) is 3.75. The van der Waals surface area contributed by atoms with Crippen LogP contribution in [-0.2, 0) is 21.1 Å². The minimum Gasteiger partial charge on any atom is -0.384 e. The Morgan fingerprint density at radius 1 is 1.13 bits per heavy atom. The number of carbonyl (C=O) groups is 1. The maximum Gasteiger partial charge on any atom is 0.251 e. The molecule has 6 nitrogen and oxygen atoms in total. The van der Waals surface area contributed by atoms with Crippen LogP contribution in [0, 0.1) is 5.92 Å². The number of nitrogens with zero attached hydrogens (tertiary/aromatic N) is 1. The summed E-state index contributed by atoms with van der Waals surface area (Å²) in [5.74, 6) is 0.173. The van der Waals surface area contributed by atoms with Crippen molar-refractivity contribution < 1.29 is 17.9 Å². The van der Waals surface area contributed by atoms with Crippen LogP contribution in [0.4, 0.5) is 0 Å². The Bertz CT molecular complexity index is 914. The predicted molar refractivity (Wildman–Crippen MR) is 117 cm³/mol. The van der Waals surface area contributed by atoms with Crippen LogP contribution in [0.25, 0.3) is 0 Å². The summed E-state index contributed by atoms with van der Waals surface area (Å²) < 4.78 is 29.2. The summed E-state index contributed by atoms with van der Waals surface area (Å²) in [6.07, 6.45) is 2.23. The molecular weight excluding hydrogens is 400 g/mol. The molecule has 1 aliphatic rings. The van der Waals surface area contributed by atoms with E-state index < -0.39 is 9.84 Å². The fraction of sp³-hybridized carbons (Fsp3) is 0.435. The monoisotopic (exact) mass is 430 g/mol. The quantitative estimate of drug-likeness (QED) is 0.662. The molecule has 1 N–H and O–H groups in total. The van der Waals surface area contributed by atoms with Gasteiger partial charge in [-0.15, -0.1) is 0 Å². The molecule has 1 amide bonds. The molecule has 1 aliphatic heterocycles. The van der Waals surface area contributed by atoms with Crippen molar-refractivity contribution in [1.82, 2.24) is 10.2 Å². The Morgan fingerprint density at radius 3 is 2.57 bits per heavy atom. The second kappa shape index (κ2) is 10.7. The molecule has 0 spiro atoms. The van der Waals surface area contributed by atoms with E-state index in [2.05, 4.69) is 34.5 Å². The first-order valence-corrected chi connectivity index (χ1v) is 12.0. The van der Waals surface area contributed by atoms with E-state index in [1.54, 1.807) is 12.1 Å². The third-order valence-corrected chi connectivity index (χ3v) is 7.13. The van der Waals surface area contributed by atoms with E-state index in [4.69, 9.17) is 4.74 Å². The topological polar surface area (TPSA) is 75.7 Å². The van der Waals surface area contributed by atoms with Crippen LogP contribution in [-0.4, -0.2) is 58.3 Å². The van der Waals surface area contributed by atoms with Crippen LogP contribution in [0.5, 0.6) is 0 Å². The zero-order chi connectivity index (χ0) is 21.4. The molecule has 0 aromatic heterocycles. The van der Waals surface area contributed by atoms with E-state index in [-0.39, 0.29) is 23.2 Å². The van der Waals surface area contributed by atoms with Gasteiger partial charge in [0.2, 0.25) is 0 Å². The molecule has 3 rings (SSSR count). The molecule has 1 atom stereocenters. The molecule has 1 fully saturated rings. The summed E-state index contributed by atoms with van der Waals surface area (Å²) in [7, 11) is -1.92. The zero-order valence-electron chi connectivity index (χ0n) is 17.4. The summed E-state index contributed by atoms with van der Waals surface area (Å²) >= 11 is 0. The van der Waals surface area contributed by atoms with Crippen molar-refractivity contribution in [2.75, 3.05) is 39.1 Å². The van der Waals surface area contributed by atoms with Crippen molar-refractivity contribution in [2.45, 2.75) is 24.3 Å². The lowest BCUT2D eigenvalue weighted by Crippen LogP contribution is -2.40. The molecule has 1 heterocycles. The fourth-order valence-electron chi connectivity index (χ4n) is 3.77. The van der Waals surface area contributed by atoms with Gasteiger partial charge < -0.3 is 10.1 Å². The molecule has 0 radical (unpaired) electrons. The number of piperidine rings is 1. The molecule has 30 heavy (non-hydrogen) atoms. The second-order valence-corrected chi connectivity index (χ2v) is 9.88. The SMILES string of the molecule is COCCS(=O)(=O)c1ccc(C(=O)NCC2CCCN(Cc3ccccc3)C2)cc1. The highest BCUT2D eigenvalue weighted by Crippen LogP contribution is 2.18. The Balaban J connectivity index is 1.50. The number of amides is 1. The Morgan fingerprint density at radius 2 is 1.87 bits per heavy atom. The zero-order valence-corrected chi connectivity index (χ0v) is 18.2. The van der Waals surface area contributed by atoms with E-state index in [1.807, 2.05) is 6.07 Å². The Kier molecular flexibility index (Phi) is 8.01. The minimum atomic E-state index is -3.39. The number of carbonyl (C=O) groups excluding carboxylic acids is 1. The van der Waals surface area contributed by atoms with E-state index in [0.717, 1.165) is 32.5 Å². The van der Waals surface area contributed by atoms with Gasteiger partial charge in [-0.3, -0.25) is 9.69 Å². The van der Waals surface area contributed by atoms with Crippen molar-refractivity contribution in [3.63, 3.8) is 0 Å². The van der Waals surface area contributed by atoms with Gasteiger partial charge in [-0.05, 0) is 55.1 Å². The number of ether oxygens (including phenoxy) is 1. The molecule has 1 unspecified atom stereocenters. The van der Waals surface area contributed by atoms with Crippen LogP contribution < -0.4 is 5.32 Å². The number of hydrogen-bond acceptors (Lipinski definition) is 5. The van der Waals surface area contributed by atoms with Crippen molar-refractivity contribution >= 4 is 15.7 Å². The molecule has 2 aromatic rings. The normalized spacial score (nSPS) is 17.6. The summed E-state index contributed by atoms with van der Waals surface area (Å²) in [5.41, 5.74) is 1.78. The number of methoxy groups -OCH3 is 1. The highest BCUT2D eigenvalue weighted by atomic mass is 32.2. The lowest BCUT2D eigenvalue weighted by atomic mass is 9.97. The molecule has 2 aromatic carbocycles. The molecule has 162 valence electrons. The average Bonchev–Trinajstić information content (AvgIpc) is 2.77. The number of sulfone groups is 1. The number of hydrogen-bond donors (Lipinski definition) is 1. The van der Waals surface area contributed by atoms with Crippen LogP contribution in [0.1, 0.15) is 28.8 Å². The molecule has 0 bridgehead atoms. The van der Waals surface area contributed by atoms with Crippen LogP contribution in [0.2, 0.25) is 0 Å². The first-order valence-electron chi connectivity index (χ1n) is 10.3. The van der Waals surface area contributed by atoms with Crippen molar-refractivity contribution in [2.24, 2.45) is 5.92 Å². The van der Waals surface area contributed by atoms with Gasteiger partial charge in [0, 0.05) is 32.3 Å². The maximum atomic E-state index is 12.5. The average molecular weight is 431 g/mol. The van der Waals surface area contributed by atoms with E-state index in [9.17, 15) is 13.2 Å². The van der Waals surface area contributed by atoms with E-state index >= 15 is 0 Å². The van der Waals surface area contributed by atoms with Gasteiger partial charge in [0.25, 0.3) is 5.91 Å². The lowest BCUT2D eigenvalue weighted by Gasteiger charge is -2.32. The smallest absolute Gasteiger partial charge is 0.251 e. The largest absolute Gasteiger partial charge is 0.384 e. The van der Waals surface area contributed by atoms with Gasteiger partial charge in [0.1, 0.15) is 0 Å². The number of likely N-dealkylation sites (tertiary alicyclic amines) is 1. The predicted octanol–water partition coefficient (Wildman–Crippen LogP) is 2.75. The second-order valence-electron chi connectivity index (χ2n) is 7.78. The first-order chi connectivity index (χ1) is 14.5. The van der Waals surface area contributed by atoms with Crippen LogP contribution in [0.3, 0.4) is 0 Å². The fourth-order valence-corrected chi connectivity index (χ4v) is 4.94. The Hall–Kier alpha value is -2.22. The first kappa shape index (κ1) is 22.5. The maximum absolute atomic E-state index is 12.5. The molecular formula is C23H30N2O4S. The molecule has 0 aliphatic carbocycles. The van der Waals surface area contributed by atoms with Crippen molar-refractivity contribution in [3.05, 3.63) is 65.7 Å². The Labute approximate surface area is 179 Å². The molecule has 7 heteroatoms. The third-order valence-electron chi connectivity index (χ3n) is 5.44. The van der Waals surface area contributed by atoms with Crippen molar-refractivity contribution in [1.29, 1.82) is 0 Å². The highest BCUT2D eigenvalue weighted by molar-refractivity contribution is 7.91. The summed E-state index contributed by atoms with van der Waals surface area (Å²) in [6, 6.07) is 16.5. The van der Waals surface area contributed by atoms with Crippen LogP contribution in [0.15, 0.2) is 59.5 Å². The van der Waals surface area contributed by atoms with Gasteiger partial charge in [-0.25, -0.2) is 8.42 Å². The molecule has 1 saturated heterocycles. The highest BCUT2D eigenvalue weighted by Gasteiger charge is 2.21. The van der Waals surface area contributed by atoms with E-state index in [0.29, 0.717) is 18.0 Å². The third kappa shape index (κ3) is 6.39. The van der Waals surface area contributed by atoms with E-state index in [1.165, 1.54) is 24.8 Å². The van der Waals surface area contributed by atoms with Crippen molar-refractivity contribution in [3.8, 4) is 0 Å². The number of rotatable bonds is 9. The van der Waals surface area contributed by atoms with Gasteiger partial charge in [-0.1, -0.05) is 30.3 Å². The van der Waals surface area contributed by atoms with Gasteiger partial charge in [0.15, 0.2) is 9.84 Å². The molecule has 0 saturated carbocycles. The number of nitrogens with one attached hydrogen (secondary N) is 1. The number of benzene rings is 2. The van der Waals surface area contributed by atoms with Gasteiger partial charge in [-0.2, -0.15) is 0 Å². The van der Waals surface area contributed by atoms with Crippen LogP contribution >= 0.6 is 0 Å². The van der Waals surface area contributed by atoms with Gasteiger partial charge in [0.05, 0.1) is 17.3 Å².